The van der Waals surface area contributed by atoms with E-state index in [4.69, 9.17) is 5.11 Å². The minimum Gasteiger partial charge on any atom is -0.395 e. The molecule has 84 valence electrons. The highest BCUT2D eigenvalue weighted by Crippen LogP contribution is 2.14. The number of carbonyl (C=O) groups is 1. The van der Waals surface area contributed by atoms with E-state index >= 15 is 0 Å². The summed E-state index contributed by atoms with van der Waals surface area (Å²) in [6.45, 7) is 2.03. The van der Waals surface area contributed by atoms with Crippen molar-refractivity contribution in [3.05, 3.63) is 23.5 Å². The van der Waals surface area contributed by atoms with Crippen molar-refractivity contribution in [1.82, 2.24) is 20.5 Å². The van der Waals surface area contributed by atoms with Gasteiger partial charge in [-0.05, 0) is 13.0 Å². The van der Waals surface area contributed by atoms with Gasteiger partial charge in [-0.3, -0.25) is 9.89 Å². The van der Waals surface area contributed by atoms with Crippen molar-refractivity contribution in [2.24, 2.45) is 0 Å². The standard InChI is InChI=1S/C10H12N4O2/c1-6-8-4-7(10(16)11-2-3-15)5-12-9(8)14-13-6/h4-5,15H,2-3H2,1H3,(H,11,16)(H,12,13,14). The van der Waals surface area contributed by atoms with Gasteiger partial charge >= 0.3 is 0 Å². The maximum absolute atomic E-state index is 11.6. The summed E-state index contributed by atoms with van der Waals surface area (Å²) in [6.07, 6.45) is 1.47. The molecule has 0 aliphatic rings. The Morgan fingerprint density at radius 2 is 2.44 bits per heavy atom. The predicted octanol–water partition coefficient (Wildman–Crippen LogP) is -0.0116. The lowest BCUT2D eigenvalue weighted by molar-refractivity contribution is 0.0944. The van der Waals surface area contributed by atoms with Gasteiger partial charge in [0.25, 0.3) is 5.91 Å². The molecule has 2 rings (SSSR count). The number of fused-ring (bicyclic) bond motifs is 1. The average molecular weight is 220 g/mol. The second kappa shape index (κ2) is 4.28. The molecular weight excluding hydrogens is 208 g/mol. The molecule has 1 amide bonds. The number of aryl methyl sites for hydroxylation is 1. The summed E-state index contributed by atoms with van der Waals surface area (Å²) in [6, 6.07) is 1.73. The Morgan fingerprint density at radius 1 is 1.62 bits per heavy atom. The molecule has 0 saturated carbocycles. The topological polar surface area (TPSA) is 90.9 Å². The van der Waals surface area contributed by atoms with Gasteiger partial charge in [-0.2, -0.15) is 5.10 Å². The molecule has 16 heavy (non-hydrogen) atoms. The third-order valence-electron chi connectivity index (χ3n) is 2.26. The van der Waals surface area contributed by atoms with Gasteiger partial charge in [-0.15, -0.1) is 0 Å². The number of aromatic nitrogens is 3. The first-order chi connectivity index (χ1) is 7.72. The molecule has 3 N–H and O–H groups in total. The van der Waals surface area contributed by atoms with Crippen molar-refractivity contribution < 1.29 is 9.90 Å². The highest BCUT2D eigenvalue weighted by atomic mass is 16.3. The third-order valence-corrected chi connectivity index (χ3v) is 2.26. The van der Waals surface area contributed by atoms with Gasteiger partial charge in [0.05, 0.1) is 12.2 Å². The number of nitrogens with zero attached hydrogens (tertiary/aromatic N) is 2. The van der Waals surface area contributed by atoms with E-state index in [0.29, 0.717) is 11.2 Å². The Morgan fingerprint density at radius 3 is 3.19 bits per heavy atom. The molecule has 0 unspecified atom stereocenters. The molecule has 2 aromatic heterocycles. The van der Waals surface area contributed by atoms with Gasteiger partial charge in [0.15, 0.2) is 5.65 Å². The molecule has 2 aromatic rings. The van der Waals surface area contributed by atoms with E-state index in [-0.39, 0.29) is 19.1 Å². The highest BCUT2D eigenvalue weighted by Gasteiger charge is 2.09. The molecule has 0 spiro atoms. The van der Waals surface area contributed by atoms with E-state index in [9.17, 15) is 4.79 Å². The van der Waals surface area contributed by atoms with Gasteiger partial charge in [-0.1, -0.05) is 0 Å². The molecule has 0 fully saturated rings. The first-order valence-electron chi connectivity index (χ1n) is 4.92. The van der Waals surface area contributed by atoms with Gasteiger partial charge in [-0.25, -0.2) is 4.98 Å². The smallest absolute Gasteiger partial charge is 0.252 e. The number of amides is 1. The number of hydrogen-bond acceptors (Lipinski definition) is 4. The minimum absolute atomic E-state index is 0.0772. The maximum Gasteiger partial charge on any atom is 0.252 e. The van der Waals surface area contributed by atoms with Crippen LogP contribution in [0.3, 0.4) is 0 Å². The summed E-state index contributed by atoms with van der Waals surface area (Å²) in [7, 11) is 0. The lowest BCUT2D eigenvalue weighted by Gasteiger charge is -2.02. The van der Waals surface area contributed by atoms with Crippen molar-refractivity contribution in [3.63, 3.8) is 0 Å². The quantitative estimate of drug-likeness (QED) is 0.678. The lowest BCUT2D eigenvalue weighted by atomic mass is 10.2. The van der Waals surface area contributed by atoms with Crippen LogP contribution in [0.1, 0.15) is 16.1 Å². The van der Waals surface area contributed by atoms with E-state index in [0.717, 1.165) is 11.1 Å². The second-order valence-corrected chi connectivity index (χ2v) is 3.42. The molecule has 2 heterocycles. The van der Waals surface area contributed by atoms with Crippen LogP contribution >= 0.6 is 0 Å². The van der Waals surface area contributed by atoms with Crippen molar-refractivity contribution >= 4 is 16.9 Å². The number of carbonyl (C=O) groups excluding carboxylic acids is 1. The Balaban J connectivity index is 2.31. The van der Waals surface area contributed by atoms with Crippen molar-refractivity contribution in [2.75, 3.05) is 13.2 Å². The molecule has 0 bridgehead atoms. The third kappa shape index (κ3) is 1.87. The number of pyridine rings is 1. The van der Waals surface area contributed by atoms with Crippen molar-refractivity contribution in [3.8, 4) is 0 Å². The SMILES string of the molecule is Cc1[nH]nc2ncc(C(=O)NCCO)cc12. The van der Waals surface area contributed by atoms with Crippen LogP contribution in [0.2, 0.25) is 0 Å². The fourth-order valence-electron chi connectivity index (χ4n) is 1.42. The number of H-pyrrole nitrogens is 1. The van der Waals surface area contributed by atoms with Crippen molar-refractivity contribution in [2.45, 2.75) is 6.92 Å². The van der Waals surface area contributed by atoms with Crippen LogP contribution in [0.5, 0.6) is 0 Å². The molecule has 6 nitrogen and oxygen atoms in total. The Kier molecular flexibility index (Phi) is 2.82. The fraction of sp³-hybridized carbons (Fsp3) is 0.300. The summed E-state index contributed by atoms with van der Waals surface area (Å²) >= 11 is 0. The predicted molar refractivity (Wildman–Crippen MR) is 58.0 cm³/mol. The number of nitrogens with one attached hydrogen (secondary N) is 2. The number of aromatic amines is 1. The van der Waals surface area contributed by atoms with Gasteiger partial charge in [0.1, 0.15) is 0 Å². The van der Waals surface area contributed by atoms with E-state index in [2.05, 4.69) is 20.5 Å². The lowest BCUT2D eigenvalue weighted by Crippen LogP contribution is -2.26. The van der Waals surface area contributed by atoms with Gasteiger partial charge in [0, 0.05) is 23.8 Å². The Bertz CT molecular complexity index is 521. The second-order valence-electron chi connectivity index (χ2n) is 3.42. The van der Waals surface area contributed by atoms with Crippen LogP contribution < -0.4 is 5.32 Å². The highest BCUT2D eigenvalue weighted by molar-refractivity contribution is 5.97. The summed E-state index contributed by atoms with van der Waals surface area (Å²) in [5, 5.41) is 18.8. The molecule has 0 radical (unpaired) electrons. The summed E-state index contributed by atoms with van der Waals surface area (Å²) in [5.41, 5.74) is 1.93. The monoisotopic (exact) mass is 220 g/mol. The van der Waals surface area contributed by atoms with Crippen LogP contribution in [0.25, 0.3) is 11.0 Å². The first kappa shape index (κ1) is 10.6. The molecule has 6 heteroatoms. The molecule has 0 aromatic carbocycles. The number of rotatable bonds is 3. The summed E-state index contributed by atoms with van der Waals surface area (Å²) < 4.78 is 0. The summed E-state index contributed by atoms with van der Waals surface area (Å²) in [5.74, 6) is -0.246. The molecule has 0 aliphatic heterocycles. The van der Waals surface area contributed by atoms with E-state index in [1.807, 2.05) is 6.92 Å². The minimum atomic E-state index is -0.246. The molecule has 0 atom stereocenters. The first-order valence-corrected chi connectivity index (χ1v) is 4.92. The zero-order chi connectivity index (χ0) is 11.5. The molecule has 0 aliphatic carbocycles. The van der Waals surface area contributed by atoms with Crippen molar-refractivity contribution in [1.29, 1.82) is 0 Å². The van der Waals surface area contributed by atoms with Crippen LogP contribution in [0.4, 0.5) is 0 Å². The van der Waals surface area contributed by atoms with Crippen LogP contribution in [0.15, 0.2) is 12.3 Å². The fourth-order valence-corrected chi connectivity index (χ4v) is 1.42. The van der Waals surface area contributed by atoms with Gasteiger partial charge < -0.3 is 10.4 Å². The Hall–Kier alpha value is -1.95. The average Bonchev–Trinajstić information content (AvgIpc) is 2.67. The zero-order valence-electron chi connectivity index (χ0n) is 8.82. The normalized spacial score (nSPS) is 10.6. The summed E-state index contributed by atoms with van der Waals surface area (Å²) in [4.78, 5) is 15.7. The number of hydrogen-bond donors (Lipinski definition) is 3. The van der Waals surface area contributed by atoms with Crippen LogP contribution in [0, 0.1) is 6.92 Å². The molecule has 0 saturated heterocycles. The number of aliphatic hydroxyl groups is 1. The number of aliphatic hydroxyl groups excluding tert-OH is 1. The van der Waals surface area contributed by atoms with Crippen LogP contribution in [-0.2, 0) is 0 Å². The maximum atomic E-state index is 11.6. The Labute approximate surface area is 91.7 Å². The largest absolute Gasteiger partial charge is 0.395 e. The van der Waals surface area contributed by atoms with E-state index in [1.165, 1.54) is 6.20 Å². The zero-order valence-corrected chi connectivity index (χ0v) is 8.82. The molecular formula is C10H12N4O2. The van der Waals surface area contributed by atoms with E-state index < -0.39 is 0 Å². The van der Waals surface area contributed by atoms with Crippen LogP contribution in [-0.4, -0.2) is 39.3 Å². The van der Waals surface area contributed by atoms with E-state index in [1.54, 1.807) is 6.07 Å². The van der Waals surface area contributed by atoms with Gasteiger partial charge in [0.2, 0.25) is 0 Å².